The highest BCUT2D eigenvalue weighted by Gasteiger charge is 2.13. The molecule has 0 aliphatic rings. The summed E-state index contributed by atoms with van der Waals surface area (Å²) in [4.78, 5) is 0. The summed E-state index contributed by atoms with van der Waals surface area (Å²) in [6.45, 7) is 3.52. The Labute approximate surface area is 106 Å². The van der Waals surface area contributed by atoms with Crippen LogP contribution in [0.4, 0.5) is 0 Å². The summed E-state index contributed by atoms with van der Waals surface area (Å²) in [5.41, 5.74) is 1.05. The Balaban J connectivity index is 3.16. The maximum atomic E-state index is 8.91. The van der Waals surface area contributed by atoms with Crippen molar-refractivity contribution in [3.05, 3.63) is 23.8 Å². The van der Waals surface area contributed by atoms with Crippen LogP contribution in [0.5, 0.6) is 11.5 Å². The van der Waals surface area contributed by atoms with Crippen molar-refractivity contribution >= 4 is 5.71 Å². The number of methoxy groups -OCH3 is 1. The molecule has 18 heavy (non-hydrogen) atoms. The number of oxime groups is 1. The second-order valence-electron chi connectivity index (χ2n) is 3.69. The lowest BCUT2D eigenvalue weighted by Gasteiger charge is -2.15. The van der Waals surface area contributed by atoms with E-state index in [-0.39, 0.29) is 0 Å². The smallest absolute Gasteiger partial charge is 0.184 e. The fraction of sp³-hybridized carbons (Fsp3) is 0.385. The van der Waals surface area contributed by atoms with E-state index in [1.807, 2.05) is 6.92 Å². The summed E-state index contributed by atoms with van der Waals surface area (Å²) in [5.74, 6) is 1.09. The van der Waals surface area contributed by atoms with Gasteiger partial charge in [0.2, 0.25) is 0 Å². The van der Waals surface area contributed by atoms with E-state index in [0.29, 0.717) is 29.2 Å². The lowest BCUT2D eigenvalue weighted by atomic mass is 10.1. The number of nitrogens with zero attached hydrogens (tertiary/aromatic N) is 2. The van der Waals surface area contributed by atoms with Gasteiger partial charge >= 0.3 is 0 Å². The molecular formula is C13H16N2O3. The van der Waals surface area contributed by atoms with Gasteiger partial charge in [-0.1, -0.05) is 12.1 Å². The number of ether oxygens (including phenoxy) is 2. The topological polar surface area (TPSA) is 74.8 Å². The summed E-state index contributed by atoms with van der Waals surface area (Å²) in [6, 6.07) is 7.20. The van der Waals surface area contributed by atoms with E-state index in [9.17, 15) is 0 Å². The van der Waals surface area contributed by atoms with Gasteiger partial charge in [0.15, 0.2) is 6.10 Å². The maximum absolute atomic E-state index is 8.91. The molecule has 1 rings (SSSR count). The van der Waals surface area contributed by atoms with Gasteiger partial charge in [-0.15, -0.1) is 0 Å². The molecule has 0 aliphatic heterocycles. The van der Waals surface area contributed by atoms with Gasteiger partial charge in [0, 0.05) is 11.6 Å². The third-order valence-electron chi connectivity index (χ3n) is 2.51. The molecule has 0 radical (unpaired) electrons. The Kier molecular flexibility index (Phi) is 5.00. The number of nitriles is 1. The standard InChI is InChI=1S/C13H16N2O3/c1-4-10(8-14)18-13-7-11(17-3)5-6-12(13)9(2)15-16/h5-7,10,16H,4H2,1-3H3/b15-9+. The number of hydrogen-bond acceptors (Lipinski definition) is 5. The Morgan fingerprint density at radius 2 is 2.28 bits per heavy atom. The minimum Gasteiger partial charge on any atom is -0.497 e. The molecule has 0 aromatic heterocycles. The third kappa shape index (κ3) is 3.14. The van der Waals surface area contributed by atoms with Crippen LogP contribution in [0.3, 0.4) is 0 Å². The quantitative estimate of drug-likeness (QED) is 0.493. The van der Waals surface area contributed by atoms with Gasteiger partial charge in [0.25, 0.3) is 0 Å². The molecule has 0 heterocycles. The molecule has 0 saturated carbocycles. The molecule has 0 saturated heterocycles. The van der Waals surface area contributed by atoms with Crippen LogP contribution in [0.2, 0.25) is 0 Å². The molecule has 5 nitrogen and oxygen atoms in total. The lowest BCUT2D eigenvalue weighted by Crippen LogP contribution is -2.14. The van der Waals surface area contributed by atoms with E-state index in [2.05, 4.69) is 11.2 Å². The molecule has 0 fully saturated rings. The first kappa shape index (κ1) is 13.8. The minimum atomic E-state index is -0.539. The van der Waals surface area contributed by atoms with E-state index in [1.165, 1.54) is 0 Å². The molecule has 1 atom stereocenters. The number of hydrogen-bond donors (Lipinski definition) is 1. The summed E-state index contributed by atoms with van der Waals surface area (Å²) in [5, 5.41) is 20.9. The van der Waals surface area contributed by atoms with Crippen molar-refractivity contribution in [2.24, 2.45) is 5.16 Å². The monoisotopic (exact) mass is 248 g/mol. The fourth-order valence-corrected chi connectivity index (χ4v) is 1.43. The van der Waals surface area contributed by atoms with Gasteiger partial charge in [0.1, 0.15) is 17.6 Å². The first-order chi connectivity index (χ1) is 8.65. The second kappa shape index (κ2) is 6.50. The van der Waals surface area contributed by atoms with Gasteiger partial charge in [0.05, 0.1) is 12.8 Å². The van der Waals surface area contributed by atoms with E-state index >= 15 is 0 Å². The molecule has 96 valence electrons. The zero-order chi connectivity index (χ0) is 13.5. The molecule has 0 bridgehead atoms. The van der Waals surface area contributed by atoms with Crippen LogP contribution in [0.15, 0.2) is 23.4 Å². The fourth-order valence-electron chi connectivity index (χ4n) is 1.43. The molecule has 5 heteroatoms. The molecule has 0 amide bonds. The van der Waals surface area contributed by atoms with Gasteiger partial charge in [-0.2, -0.15) is 5.26 Å². The van der Waals surface area contributed by atoms with Crippen molar-refractivity contribution in [2.45, 2.75) is 26.4 Å². The molecule has 0 aliphatic carbocycles. The zero-order valence-corrected chi connectivity index (χ0v) is 10.7. The lowest BCUT2D eigenvalue weighted by molar-refractivity contribution is 0.250. The van der Waals surface area contributed by atoms with Crippen LogP contribution >= 0.6 is 0 Å². The Hall–Kier alpha value is -2.22. The van der Waals surface area contributed by atoms with Crippen LogP contribution in [0.25, 0.3) is 0 Å². The summed E-state index contributed by atoms with van der Waals surface area (Å²) < 4.78 is 10.7. The molecule has 1 aromatic carbocycles. The zero-order valence-electron chi connectivity index (χ0n) is 10.7. The van der Waals surface area contributed by atoms with E-state index in [0.717, 1.165) is 0 Å². The second-order valence-corrected chi connectivity index (χ2v) is 3.69. The van der Waals surface area contributed by atoms with Crippen molar-refractivity contribution in [2.75, 3.05) is 7.11 Å². The van der Waals surface area contributed by atoms with Gasteiger partial charge < -0.3 is 14.7 Å². The SMILES string of the molecule is CCC(C#N)Oc1cc(OC)ccc1/C(C)=N/O. The van der Waals surface area contributed by atoms with Gasteiger partial charge in [-0.25, -0.2) is 0 Å². The van der Waals surface area contributed by atoms with Crippen LogP contribution < -0.4 is 9.47 Å². The molecule has 1 N–H and O–H groups in total. The molecule has 1 unspecified atom stereocenters. The molecule has 1 aromatic rings. The summed E-state index contributed by atoms with van der Waals surface area (Å²) >= 11 is 0. The van der Waals surface area contributed by atoms with Crippen molar-refractivity contribution in [3.8, 4) is 17.6 Å². The number of benzene rings is 1. The third-order valence-corrected chi connectivity index (χ3v) is 2.51. The van der Waals surface area contributed by atoms with Crippen LogP contribution in [-0.4, -0.2) is 24.1 Å². The molecule has 0 spiro atoms. The highest BCUT2D eigenvalue weighted by atomic mass is 16.5. The summed E-state index contributed by atoms with van der Waals surface area (Å²) in [6.07, 6.45) is 0.0324. The Bertz CT molecular complexity index is 478. The normalized spacial score (nSPS) is 12.7. The van der Waals surface area contributed by atoms with Crippen molar-refractivity contribution < 1.29 is 14.7 Å². The Morgan fingerprint density at radius 1 is 1.56 bits per heavy atom. The van der Waals surface area contributed by atoms with Gasteiger partial charge in [-0.3, -0.25) is 0 Å². The predicted molar refractivity (Wildman–Crippen MR) is 67.3 cm³/mol. The minimum absolute atomic E-state index is 0.417. The van der Waals surface area contributed by atoms with Crippen molar-refractivity contribution in [3.63, 3.8) is 0 Å². The van der Waals surface area contributed by atoms with Crippen LogP contribution in [-0.2, 0) is 0 Å². The van der Waals surface area contributed by atoms with E-state index in [4.69, 9.17) is 19.9 Å². The largest absolute Gasteiger partial charge is 0.497 e. The summed E-state index contributed by atoms with van der Waals surface area (Å²) in [7, 11) is 1.55. The highest BCUT2D eigenvalue weighted by Crippen LogP contribution is 2.26. The first-order valence-corrected chi connectivity index (χ1v) is 5.59. The van der Waals surface area contributed by atoms with Crippen LogP contribution in [0, 0.1) is 11.3 Å². The van der Waals surface area contributed by atoms with Crippen molar-refractivity contribution in [1.82, 2.24) is 0 Å². The highest BCUT2D eigenvalue weighted by molar-refractivity contribution is 6.00. The van der Waals surface area contributed by atoms with Crippen LogP contribution in [0.1, 0.15) is 25.8 Å². The Morgan fingerprint density at radius 3 is 2.78 bits per heavy atom. The van der Waals surface area contributed by atoms with E-state index < -0.39 is 6.10 Å². The van der Waals surface area contributed by atoms with E-state index in [1.54, 1.807) is 32.2 Å². The number of rotatable bonds is 5. The van der Waals surface area contributed by atoms with Gasteiger partial charge in [-0.05, 0) is 25.5 Å². The van der Waals surface area contributed by atoms with Crippen molar-refractivity contribution in [1.29, 1.82) is 5.26 Å². The molecular weight excluding hydrogens is 232 g/mol. The predicted octanol–water partition coefficient (Wildman–Crippen LogP) is 2.57. The first-order valence-electron chi connectivity index (χ1n) is 5.59. The average Bonchev–Trinajstić information content (AvgIpc) is 2.43. The maximum Gasteiger partial charge on any atom is 0.184 e. The average molecular weight is 248 g/mol.